The van der Waals surface area contributed by atoms with Gasteiger partial charge in [-0.2, -0.15) is 0 Å². The Hall–Kier alpha value is -3.64. The van der Waals surface area contributed by atoms with E-state index in [1.165, 1.54) is 27.8 Å². The van der Waals surface area contributed by atoms with Crippen molar-refractivity contribution in [3.63, 3.8) is 0 Å². The lowest BCUT2D eigenvalue weighted by atomic mass is 9.79. The first kappa shape index (κ1) is 27.9. The van der Waals surface area contributed by atoms with E-state index in [4.69, 9.17) is 17.3 Å². The first-order chi connectivity index (χ1) is 19.5. The fourth-order valence-electron chi connectivity index (χ4n) is 5.50. The number of benzene rings is 3. The molecule has 3 aromatic rings. The van der Waals surface area contributed by atoms with E-state index in [1.54, 1.807) is 18.2 Å². The number of nitrogens with two attached hydrogens (primary N) is 1. The van der Waals surface area contributed by atoms with Crippen molar-refractivity contribution in [2.75, 3.05) is 5.75 Å². The van der Waals surface area contributed by atoms with E-state index in [1.807, 2.05) is 61.0 Å². The number of allylic oxidation sites excluding steroid dienone is 5. The summed E-state index contributed by atoms with van der Waals surface area (Å²) in [5.41, 5.74) is 14.8. The number of aryl methyl sites for hydroxylation is 1. The van der Waals surface area contributed by atoms with Gasteiger partial charge in [-0.15, -0.1) is 0 Å². The van der Waals surface area contributed by atoms with Crippen LogP contribution in [0.4, 0.5) is 0 Å². The zero-order chi connectivity index (χ0) is 28.0. The molecule has 0 radical (unpaired) electrons. The van der Waals surface area contributed by atoms with Crippen molar-refractivity contribution in [3.8, 4) is 11.1 Å². The summed E-state index contributed by atoms with van der Waals surface area (Å²) in [5.74, 6) is -0.0608. The van der Waals surface area contributed by atoms with Crippen molar-refractivity contribution in [2.24, 2.45) is 5.73 Å². The Balaban J connectivity index is 0.000000403. The molecule has 3 aromatic carbocycles. The Morgan fingerprint density at radius 3 is 2.38 bits per heavy atom. The molecule has 6 rings (SSSR count). The molecule has 4 nitrogen and oxygen atoms in total. The summed E-state index contributed by atoms with van der Waals surface area (Å²) in [5, 5.41) is 3.52. The third-order valence-electron chi connectivity index (χ3n) is 7.40. The third-order valence-corrected chi connectivity index (χ3v) is 9.44. The minimum atomic E-state index is -3.47. The van der Waals surface area contributed by atoms with E-state index in [-0.39, 0.29) is 5.75 Å². The van der Waals surface area contributed by atoms with Crippen LogP contribution < -0.4 is 11.1 Å². The van der Waals surface area contributed by atoms with E-state index < -0.39 is 9.84 Å². The van der Waals surface area contributed by atoms with Crippen LogP contribution in [0.1, 0.15) is 39.8 Å². The Morgan fingerprint density at radius 1 is 0.825 bits per heavy atom. The van der Waals surface area contributed by atoms with Gasteiger partial charge in [-0.3, -0.25) is 0 Å². The van der Waals surface area contributed by atoms with Crippen molar-refractivity contribution in [3.05, 3.63) is 142 Å². The molecule has 0 spiro atoms. The number of sulfone groups is 1. The number of halogens is 1. The van der Waals surface area contributed by atoms with Crippen LogP contribution in [-0.4, -0.2) is 14.2 Å². The van der Waals surface area contributed by atoms with Crippen LogP contribution in [0.25, 0.3) is 22.1 Å². The smallest absolute Gasteiger partial charge is 0.182 e. The summed E-state index contributed by atoms with van der Waals surface area (Å²) < 4.78 is 26.7. The summed E-state index contributed by atoms with van der Waals surface area (Å²) in [6.45, 7) is 0.304. The van der Waals surface area contributed by atoms with Gasteiger partial charge in [0.25, 0.3) is 0 Å². The highest BCUT2D eigenvalue weighted by atomic mass is 35.5. The van der Waals surface area contributed by atoms with E-state index in [0.29, 0.717) is 16.5 Å². The molecule has 6 heteroatoms. The molecule has 0 unspecified atom stereocenters. The van der Waals surface area contributed by atoms with Crippen LogP contribution in [0.5, 0.6) is 0 Å². The molecule has 2 aliphatic carbocycles. The van der Waals surface area contributed by atoms with Gasteiger partial charge in [0, 0.05) is 24.0 Å². The van der Waals surface area contributed by atoms with Crippen molar-refractivity contribution < 1.29 is 8.42 Å². The van der Waals surface area contributed by atoms with Crippen LogP contribution in [0.15, 0.2) is 103 Å². The lowest BCUT2D eigenvalue weighted by Crippen LogP contribution is -2.15. The predicted octanol–water partition coefficient (Wildman–Crippen LogP) is 7.15. The maximum absolute atomic E-state index is 13.4. The Bertz CT molecular complexity index is 1650. The zero-order valence-electron chi connectivity index (χ0n) is 22.3. The summed E-state index contributed by atoms with van der Waals surface area (Å²) in [7, 11) is -3.47. The zero-order valence-corrected chi connectivity index (χ0v) is 23.9. The highest BCUT2D eigenvalue weighted by molar-refractivity contribution is 8.00. The fraction of sp³-hybridized carbons (Fsp3) is 0.176. The molecule has 0 atom stereocenters. The summed E-state index contributed by atoms with van der Waals surface area (Å²) in [4.78, 5) is 0.459. The third kappa shape index (κ3) is 6.07. The number of hydrogen-bond acceptors (Lipinski definition) is 4. The minimum Gasteiger partial charge on any atom is -0.368 e. The first-order valence-electron chi connectivity index (χ1n) is 13.5. The number of fused-ring (bicyclic) bond motifs is 5. The quantitative estimate of drug-likeness (QED) is 0.343. The van der Waals surface area contributed by atoms with Crippen LogP contribution in [0, 0.1) is 0 Å². The molecule has 1 heterocycles. The van der Waals surface area contributed by atoms with Crippen LogP contribution in [0.3, 0.4) is 0 Å². The summed E-state index contributed by atoms with van der Waals surface area (Å²) in [6, 6.07) is 18.2. The van der Waals surface area contributed by atoms with Gasteiger partial charge in [-0.25, -0.2) is 8.42 Å². The molecule has 0 saturated heterocycles. The van der Waals surface area contributed by atoms with E-state index >= 15 is 0 Å². The highest BCUT2D eigenvalue weighted by Gasteiger charge is 2.28. The molecule has 204 valence electrons. The van der Waals surface area contributed by atoms with E-state index in [0.717, 1.165) is 42.4 Å². The van der Waals surface area contributed by atoms with Crippen LogP contribution in [0.2, 0.25) is 5.02 Å². The molecule has 0 amide bonds. The van der Waals surface area contributed by atoms with E-state index in [2.05, 4.69) is 35.6 Å². The van der Waals surface area contributed by atoms with Gasteiger partial charge in [-0.05, 0) is 88.4 Å². The van der Waals surface area contributed by atoms with Gasteiger partial charge in [0.05, 0.1) is 10.7 Å². The monoisotopic (exact) mass is 568 g/mol. The molecule has 0 aromatic heterocycles. The normalized spacial score (nSPS) is 15.2. The molecular weight excluding hydrogens is 536 g/mol. The van der Waals surface area contributed by atoms with Crippen LogP contribution in [-0.2, 0) is 35.6 Å². The topological polar surface area (TPSA) is 72.2 Å². The van der Waals surface area contributed by atoms with Gasteiger partial charge in [0.15, 0.2) is 9.84 Å². The highest BCUT2D eigenvalue weighted by Crippen LogP contribution is 2.41. The van der Waals surface area contributed by atoms with Crippen LogP contribution >= 0.6 is 11.6 Å². The van der Waals surface area contributed by atoms with Crippen molar-refractivity contribution in [1.29, 1.82) is 0 Å². The lowest BCUT2D eigenvalue weighted by Gasteiger charge is -2.27. The SMILES string of the molecule is C1=CC=CNC=C1.NCc1c(Cl)cccc1C=CCS(=O)(=O)C1=CCCc2c1ccc1c2CCc2ccccc2-1. The van der Waals surface area contributed by atoms with Gasteiger partial charge in [-0.1, -0.05) is 90.5 Å². The Labute approximate surface area is 242 Å². The molecule has 3 aliphatic rings. The summed E-state index contributed by atoms with van der Waals surface area (Å²) in [6.07, 6.45) is 20.6. The second-order valence-corrected chi connectivity index (χ2v) is 12.3. The maximum atomic E-state index is 13.4. The molecule has 3 N–H and O–H groups in total. The molecule has 1 aliphatic heterocycles. The first-order valence-corrected chi connectivity index (χ1v) is 15.6. The van der Waals surface area contributed by atoms with Crippen molar-refractivity contribution in [1.82, 2.24) is 5.32 Å². The number of rotatable bonds is 5. The van der Waals surface area contributed by atoms with E-state index in [9.17, 15) is 8.42 Å². The second-order valence-electron chi connectivity index (χ2n) is 9.85. The maximum Gasteiger partial charge on any atom is 0.182 e. The molecular formula is C34H33ClN2O2S. The van der Waals surface area contributed by atoms with Crippen molar-refractivity contribution in [2.45, 2.75) is 32.2 Å². The average Bonchev–Trinajstić information content (AvgIpc) is 3.30. The largest absolute Gasteiger partial charge is 0.368 e. The average molecular weight is 569 g/mol. The molecule has 0 fully saturated rings. The minimum absolute atomic E-state index is 0.0608. The Kier molecular flexibility index (Phi) is 8.85. The van der Waals surface area contributed by atoms with Gasteiger partial charge >= 0.3 is 0 Å². The molecule has 40 heavy (non-hydrogen) atoms. The van der Waals surface area contributed by atoms with Gasteiger partial charge < -0.3 is 11.1 Å². The van der Waals surface area contributed by atoms with Gasteiger partial charge in [0.1, 0.15) is 0 Å². The Morgan fingerprint density at radius 2 is 1.57 bits per heavy atom. The number of nitrogens with one attached hydrogen (secondary N) is 1. The van der Waals surface area contributed by atoms with Gasteiger partial charge in [0.2, 0.25) is 0 Å². The fourth-order valence-corrected chi connectivity index (χ4v) is 7.19. The molecule has 0 saturated carbocycles. The standard InChI is InChI=1S/C28H26ClNO2S.C6H7N/c29-27-11-3-7-19(26(27)18-30)8-5-17-33(31,32)28-12-4-10-22-24-14-13-20-6-1-2-9-21(20)23(24)15-16-25(22)28;1-2-4-6-7-5-3-1/h1-3,5-9,11-12,15-16H,4,10,13-14,17-18,30H2;1-7H. The lowest BCUT2D eigenvalue weighted by molar-refractivity contribution is 0.608. The number of hydrogen-bond donors (Lipinski definition) is 2. The van der Waals surface area contributed by atoms with Crippen molar-refractivity contribution >= 4 is 32.4 Å². The molecule has 0 bridgehead atoms. The predicted molar refractivity (Wildman–Crippen MR) is 168 cm³/mol. The summed E-state index contributed by atoms with van der Waals surface area (Å²) >= 11 is 6.22. The second kappa shape index (κ2) is 12.7.